The minimum absolute atomic E-state index is 0.0591. The number of thioether (sulfide) groups is 1. The number of esters is 1. The number of carbonyl (C=O) groups excluding carboxylic acids is 2. The number of ketones is 1. The highest BCUT2D eigenvalue weighted by Crippen LogP contribution is 2.75. The molecule has 2 aromatic carbocycles. The molecule has 0 radical (unpaired) electrons. The molecule has 350 valence electrons. The maximum Gasteiger partial charge on any atom is 0.333 e. The number of para-hydroxylation sites is 1. The van der Waals surface area contributed by atoms with Crippen LogP contribution < -0.4 is 19.5 Å². The third-order valence-corrected chi connectivity index (χ3v) is 16.5. The van der Waals surface area contributed by atoms with Crippen LogP contribution in [-0.4, -0.2) is 104 Å². The van der Waals surface area contributed by atoms with Gasteiger partial charge in [-0.05, 0) is 105 Å². The Morgan fingerprint density at radius 2 is 1.71 bits per heavy atom. The molecule has 5 N–H and O–H groups in total. The fourth-order valence-electron chi connectivity index (χ4n) is 11.9. The average molecular weight is 914 g/mol. The van der Waals surface area contributed by atoms with Gasteiger partial charge >= 0.3 is 5.97 Å². The summed E-state index contributed by atoms with van der Waals surface area (Å²) in [6, 6.07) is 7.43. The largest absolute Gasteiger partial charge is 0.482 e. The lowest BCUT2D eigenvalue weighted by molar-refractivity contribution is -0.277. The highest BCUT2D eigenvalue weighted by molar-refractivity contribution is 8.00. The molecule has 8 unspecified atom stereocenters. The van der Waals surface area contributed by atoms with Crippen molar-refractivity contribution >= 4 is 35.3 Å². The van der Waals surface area contributed by atoms with E-state index in [1.807, 2.05) is 65.0 Å². The quantitative estimate of drug-likeness (QED) is 0.0889. The summed E-state index contributed by atoms with van der Waals surface area (Å²) in [4.78, 5) is 29.6. The van der Waals surface area contributed by atoms with Gasteiger partial charge in [0, 0.05) is 51.1 Å². The first-order valence-electron chi connectivity index (χ1n) is 22.9. The minimum atomic E-state index is -1.71. The molecule has 5 aliphatic heterocycles. The van der Waals surface area contributed by atoms with E-state index >= 15 is 4.79 Å². The number of carbonyl (C=O) groups is 2. The van der Waals surface area contributed by atoms with Crippen LogP contribution in [0.4, 0.5) is 5.69 Å². The van der Waals surface area contributed by atoms with Gasteiger partial charge in [0.15, 0.2) is 17.0 Å². The van der Waals surface area contributed by atoms with E-state index < -0.39 is 83.6 Å². The van der Waals surface area contributed by atoms with Crippen molar-refractivity contribution in [3.05, 3.63) is 82.0 Å². The summed E-state index contributed by atoms with van der Waals surface area (Å²) in [5.74, 6) is -0.538. The number of aliphatic hydroxyl groups excluding tert-OH is 4. The second-order valence-electron chi connectivity index (χ2n) is 20.2. The standard InChI is InChI=1S/C51H63NO12S/c1-25(2)13-12-20-49(8)21-19-29-41(62-49)28(17-16-26(3)4)43-35(42(29)61-47-40(56)39(55)38(54)32(24-53)60-47)37-36-44(65-33-15-11-10-14-31(33)52-37)30-23-34-48(6,7)64-50(45(30)57,51(34,36)63-43)22-18-27(5)46(58)59-9/h10-11,13-16,18-19,21,30,32,34,36-40,44,47,52-56H,12,17,20,22-24H2,1-9H3/b27-18-/t30?,32-,34?,36?,37?,38-,39+,40-,44?,47+,49?,50?,51?/m0/s1. The number of rotatable bonds is 11. The Hall–Kier alpha value is -4.15. The van der Waals surface area contributed by atoms with E-state index in [1.165, 1.54) is 12.7 Å². The summed E-state index contributed by atoms with van der Waals surface area (Å²) in [7, 11) is 1.33. The zero-order valence-corrected chi connectivity index (χ0v) is 39.5. The second kappa shape index (κ2) is 16.6. The molecule has 10 rings (SSSR count). The van der Waals surface area contributed by atoms with Gasteiger partial charge in [-0.2, -0.15) is 0 Å². The number of nitrogens with one attached hydrogen (secondary N) is 1. The topological polar surface area (TPSA) is 182 Å². The Morgan fingerprint density at radius 1 is 0.969 bits per heavy atom. The predicted molar refractivity (Wildman–Crippen MR) is 245 cm³/mol. The van der Waals surface area contributed by atoms with E-state index in [-0.39, 0.29) is 29.1 Å². The normalized spacial score (nSPS) is 36.6. The summed E-state index contributed by atoms with van der Waals surface area (Å²) in [5, 5.41) is 47.4. The van der Waals surface area contributed by atoms with E-state index in [9.17, 15) is 25.2 Å². The number of anilines is 1. The molecule has 14 heteroatoms. The molecule has 3 aliphatic carbocycles. The molecular formula is C51H63NO12S. The van der Waals surface area contributed by atoms with Gasteiger partial charge in [-0.3, -0.25) is 4.79 Å². The lowest BCUT2D eigenvalue weighted by atomic mass is 9.45. The SMILES string of the molecule is COC(=O)/C(C)=C\CC12OC(C)(C)C3CC(C1=O)C1Sc4ccccc4NC4c5c(O[C@H]6O[C@@H](CO)[C@H](O)[C@@H](O)[C@@H]6O)c6c(c(CC=C(C)C)c5OC32C41)OC(C)(CCC=C(C)C)C=C6. The molecule has 5 fully saturated rings. The van der Waals surface area contributed by atoms with Crippen LogP contribution >= 0.6 is 11.8 Å². The van der Waals surface area contributed by atoms with Gasteiger partial charge in [0.1, 0.15) is 47.3 Å². The van der Waals surface area contributed by atoms with Crippen LogP contribution in [0.15, 0.2) is 70.2 Å². The maximum absolute atomic E-state index is 15.7. The lowest BCUT2D eigenvalue weighted by Gasteiger charge is -2.65. The Morgan fingerprint density at radius 3 is 2.42 bits per heavy atom. The first-order chi connectivity index (χ1) is 30.8. The van der Waals surface area contributed by atoms with Crippen LogP contribution in [0.2, 0.25) is 0 Å². The molecule has 0 aromatic heterocycles. The molecule has 3 saturated carbocycles. The molecule has 2 aromatic rings. The Kier molecular flexibility index (Phi) is 11.7. The van der Waals surface area contributed by atoms with Crippen LogP contribution in [-0.2, 0) is 30.2 Å². The van der Waals surface area contributed by atoms with Crippen LogP contribution in [0.3, 0.4) is 0 Å². The maximum atomic E-state index is 15.7. The summed E-state index contributed by atoms with van der Waals surface area (Å²) in [5.41, 5.74) is 0.942. The van der Waals surface area contributed by atoms with Crippen molar-refractivity contribution in [2.24, 2.45) is 17.8 Å². The van der Waals surface area contributed by atoms with Gasteiger partial charge in [-0.15, -0.1) is 11.8 Å². The van der Waals surface area contributed by atoms with Crippen molar-refractivity contribution in [3.63, 3.8) is 0 Å². The number of methoxy groups -OCH3 is 1. The van der Waals surface area contributed by atoms with Gasteiger partial charge in [0.25, 0.3) is 0 Å². The summed E-state index contributed by atoms with van der Waals surface area (Å²) in [6.45, 7) is 15.3. The monoisotopic (exact) mass is 913 g/mol. The van der Waals surface area contributed by atoms with Crippen molar-refractivity contribution in [2.45, 2.75) is 157 Å². The van der Waals surface area contributed by atoms with Crippen molar-refractivity contribution in [1.29, 1.82) is 0 Å². The zero-order chi connectivity index (χ0) is 46.5. The second-order valence-corrected chi connectivity index (χ2v) is 21.4. The predicted octanol–water partition coefficient (Wildman–Crippen LogP) is 6.94. The van der Waals surface area contributed by atoms with Crippen molar-refractivity contribution in [1.82, 2.24) is 0 Å². The Balaban J connectivity index is 1.35. The van der Waals surface area contributed by atoms with Gasteiger partial charge in [0.05, 0.1) is 36.5 Å². The van der Waals surface area contributed by atoms with Gasteiger partial charge < -0.3 is 54.2 Å². The highest BCUT2D eigenvalue weighted by Gasteiger charge is 2.85. The summed E-state index contributed by atoms with van der Waals surface area (Å²) < 4.78 is 40.6. The molecule has 13 nitrogen and oxygen atoms in total. The Labute approximate surface area is 385 Å². The van der Waals surface area contributed by atoms with E-state index in [4.69, 9.17) is 28.4 Å². The average Bonchev–Trinajstić information content (AvgIpc) is 3.34. The van der Waals surface area contributed by atoms with Crippen LogP contribution in [0.5, 0.6) is 17.2 Å². The van der Waals surface area contributed by atoms with Crippen molar-refractivity contribution < 1.29 is 58.4 Å². The van der Waals surface area contributed by atoms with Crippen LogP contribution in [0.25, 0.3) is 6.08 Å². The van der Waals surface area contributed by atoms with Crippen molar-refractivity contribution in [3.8, 4) is 17.2 Å². The van der Waals surface area contributed by atoms with Gasteiger partial charge in [0.2, 0.25) is 6.29 Å². The molecule has 0 amide bonds. The summed E-state index contributed by atoms with van der Waals surface area (Å²) in [6.07, 6.45) is 4.66. The van der Waals surface area contributed by atoms with Gasteiger partial charge in [-0.1, -0.05) is 41.5 Å². The number of ether oxygens (including phenoxy) is 6. The number of fused-ring (bicyclic) bond motifs is 4. The number of hydrogen-bond donors (Lipinski definition) is 5. The van der Waals surface area contributed by atoms with E-state index in [2.05, 4.69) is 37.4 Å². The van der Waals surface area contributed by atoms with E-state index in [0.29, 0.717) is 47.5 Å². The van der Waals surface area contributed by atoms with Crippen LogP contribution in [0.1, 0.15) is 104 Å². The van der Waals surface area contributed by atoms with E-state index in [1.54, 1.807) is 24.8 Å². The molecular weight excluding hydrogens is 851 g/mol. The molecule has 2 saturated heterocycles. The third kappa shape index (κ3) is 7.11. The minimum Gasteiger partial charge on any atom is -0.482 e. The zero-order valence-electron chi connectivity index (χ0n) is 38.7. The van der Waals surface area contributed by atoms with Crippen molar-refractivity contribution in [2.75, 3.05) is 19.0 Å². The molecule has 5 heterocycles. The number of benzene rings is 2. The smallest absolute Gasteiger partial charge is 0.333 e. The van der Waals surface area contributed by atoms with E-state index in [0.717, 1.165) is 28.1 Å². The van der Waals surface area contributed by atoms with Gasteiger partial charge in [-0.25, -0.2) is 4.79 Å². The Bertz CT molecular complexity index is 2400. The molecule has 4 bridgehead atoms. The number of Topliss-reactive ketones (excluding diaryl/α,β-unsaturated/α-hetero) is 1. The molecule has 13 atom stereocenters. The molecule has 1 spiro atoms. The molecule has 8 aliphatic rings. The number of aliphatic hydroxyl groups is 4. The first kappa shape index (κ1) is 46.0. The first-order valence-corrected chi connectivity index (χ1v) is 23.7. The fourth-order valence-corrected chi connectivity index (χ4v) is 13.5. The fraction of sp³-hybridized carbons (Fsp3) is 0.569. The lowest BCUT2D eigenvalue weighted by Crippen LogP contribution is -2.79. The van der Waals surface area contributed by atoms with Crippen LogP contribution in [0, 0.1) is 17.8 Å². The number of hydrogen-bond acceptors (Lipinski definition) is 14. The number of allylic oxidation sites excluding steroid dienone is 4. The molecule has 65 heavy (non-hydrogen) atoms. The highest BCUT2D eigenvalue weighted by atomic mass is 32.2. The summed E-state index contributed by atoms with van der Waals surface area (Å²) >= 11 is 1.67. The third-order valence-electron chi connectivity index (χ3n) is 15.0.